The maximum atomic E-state index is 11.8. The molecule has 2 heterocycles. The van der Waals surface area contributed by atoms with Crippen molar-refractivity contribution in [3.05, 3.63) is 23.7 Å². The van der Waals surface area contributed by atoms with Crippen molar-refractivity contribution in [2.45, 2.75) is 18.6 Å². The molecule has 2 rings (SSSR count). The van der Waals surface area contributed by atoms with E-state index in [-0.39, 0.29) is 11.8 Å². The van der Waals surface area contributed by atoms with Gasteiger partial charge in [0, 0.05) is 26.1 Å². The van der Waals surface area contributed by atoms with E-state index in [1.165, 1.54) is 0 Å². The van der Waals surface area contributed by atoms with Crippen LogP contribution in [0.1, 0.15) is 29.2 Å². The summed E-state index contributed by atoms with van der Waals surface area (Å²) in [6.07, 6.45) is 3.53. The summed E-state index contributed by atoms with van der Waals surface area (Å²) in [6.45, 7) is 1.83. The van der Waals surface area contributed by atoms with E-state index in [2.05, 4.69) is 5.32 Å². The predicted octanol–water partition coefficient (Wildman–Crippen LogP) is 1.49. The minimum atomic E-state index is -0.223. The summed E-state index contributed by atoms with van der Waals surface area (Å²) in [4.78, 5) is 25.0. The Morgan fingerprint density at radius 1 is 1.53 bits per heavy atom. The highest BCUT2D eigenvalue weighted by atomic mass is 32.2. The van der Waals surface area contributed by atoms with Gasteiger partial charge in [-0.1, -0.05) is 0 Å². The van der Waals surface area contributed by atoms with Crippen molar-refractivity contribution >= 4 is 23.6 Å². The van der Waals surface area contributed by atoms with Crippen LogP contribution in [0.25, 0.3) is 0 Å². The van der Waals surface area contributed by atoms with Gasteiger partial charge in [-0.05, 0) is 24.8 Å². The Labute approximate surface area is 116 Å². The van der Waals surface area contributed by atoms with E-state index in [0.717, 1.165) is 24.5 Å². The molecule has 1 fully saturated rings. The van der Waals surface area contributed by atoms with Crippen molar-refractivity contribution in [3.8, 4) is 0 Å². The Morgan fingerprint density at radius 2 is 2.37 bits per heavy atom. The maximum Gasteiger partial charge on any atom is 0.287 e. The van der Waals surface area contributed by atoms with Crippen molar-refractivity contribution < 1.29 is 14.0 Å². The molecular weight excluding hydrogens is 264 g/mol. The SMILES string of the molecule is CSCc1ccc(C(=O)NCCN2CCCC2=O)o1. The molecule has 0 aromatic carbocycles. The van der Waals surface area contributed by atoms with Crippen LogP contribution in [0.5, 0.6) is 0 Å². The van der Waals surface area contributed by atoms with E-state index < -0.39 is 0 Å². The minimum absolute atomic E-state index is 0.175. The molecule has 1 aliphatic heterocycles. The first-order valence-corrected chi connectivity index (χ1v) is 7.73. The first kappa shape index (κ1) is 14.0. The number of hydrogen-bond donors (Lipinski definition) is 1. The molecule has 0 bridgehead atoms. The topological polar surface area (TPSA) is 62.6 Å². The zero-order valence-corrected chi connectivity index (χ0v) is 11.8. The predicted molar refractivity (Wildman–Crippen MR) is 74.1 cm³/mol. The van der Waals surface area contributed by atoms with E-state index >= 15 is 0 Å². The quantitative estimate of drug-likeness (QED) is 0.859. The summed E-state index contributed by atoms with van der Waals surface area (Å²) in [5.41, 5.74) is 0. The highest BCUT2D eigenvalue weighted by Gasteiger charge is 2.19. The van der Waals surface area contributed by atoms with Gasteiger partial charge in [-0.3, -0.25) is 9.59 Å². The lowest BCUT2D eigenvalue weighted by Crippen LogP contribution is -2.35. The Bertz CT molecular complexity index is 458. The Kier molecular flexibility index (Phi) is 4.90. The average Bonchev–Trinajstić information content (AvgIpc) is 3.00. The fourth-order valence-corrected chi connectivity index (χ4v) is 2.49. The average molecular weight is 282 g/mol. The fourth-order valence-electron chi connectivity index (χ4n) is 2.05. The van der Waals surface area contributed by atoms with Crippen LogP contribution >= 0.6 is 11.8 Å². The van der Waals surface area contributed by atoms with Gasteiger partial charge in [0.25, 0.3) is 5.91 Å². The molecule has 1 N–H and O–H groups in total. The summed E-state index contributed by atoms with van der Waals surface area (Å²) >= 11 is 1.65. The van der Waals surface area contributed by atoms with Gasteiger partial charge in [0.1, 0.15) is 5.76 Å². The zero-order valence-electron chi connectivity index (χ0n) is 11.0. The normalized spacial score (nSPS) is 15.0. The van der Waals surface area contributed by atoms with Crippen molar-refractivity contribution in [1.82, 2.24) is 10.2 Å². The second kappa shape index (κ2) is 6.65. The number of rotatable bonds is 6. The highest BCUT2D eigenvalue weighted by Crippen LogP contribution is 2.13. The number of carbonyl (C=O) groups excluding carboxylic acids is 2. The zero-order chi connectivity index (χ0) is 13.7. The molecule has 5 nitrogen and oxygen atoms in total. The molecule has 0 atom stereocenters. The highest BCUT2D eigenvalue weighted by molar-refractivity contribution is 7.97. The molecule has 0 unspecified atom stereocenters. The molecule has 0 radical (unpaired) electrons. The number of thioether (sulfide) groups is 1. The molecule has 0 saturated carbocycles. The van der Waals surface area contributed by atoms with Gasteiger partial charge < -0.3 is 14.6 Å². The van der Waals surface area contributed by atoms with Gasteiger partial charge in [0.2, 0.25) is 5.91 Å². The van der Waals surface area contributed by atoms with Crippen molar-refractivity contribution in [2.24, 2.45) is 0 Å². The summed E-state index contributed by atoms with van der Waals surface area (Å²) in [6, 6.07) is 3.50. The van der Waals surface area contributed by atoms with Crippen LogP contribution in [0.15, 0.2) is 16.5 Å². The number of likely N-dealkylation sites (tertiary alicyclic amines) is 1. The third-order valence-electron chi connectivity index (χ3n) is 3.01. The van der Waals surface area contributed by atoms with Crippen LogP contribution in [-0.2, 0) is 10.5 Å². The molecule has 1 aromatic rings. The number of hydrogen-bond acceptors (Lipinski definition) is 4. The number of amides is 2. The van der Waals surface area contributed by atoms with E-state index in [9.17, 15) is 9.59 Å². The second-order valence-corrected chi connectivity index (χ2v) is 5.31. The third kappa shape index (κ3) is 3.76. The molecule has 1 saturated heterocycles. The molecular formula is C13H18N2O3S. The first-order valence-electron chi connectivity index (χ1n) is 6.34. The van der Waals surface area contributed by atoms with E-state index in [4.69, 9.17) is 4.42 Å². The molecule has 19 heavy (non-hydrogen) atoms. The van der Waals surface area contributed by atoms with Crippen molar-refractivity contribution in [2.75, 3.05) is 25.9 Å². The van der Waals surface area contributed by atoms with Crippen LogP contribution in [0.2, 0.25) is 0 Å². The van der Waals surface area contributed by atoms with Crippen molar-refractivity contribution in [1.29, 1.82) is 0 Å². The Morgan fingerprint density at radius 3 is 3.05 bits per heavy atom. The summed E-state index contributed by atoms with van der Waals surface area (Å²) in [5.74, 6) is 1.84. The van der Waals surface area contributed by atoms with Gasteiger partial charge in [-0.2, -0.15) is 11.8 Å². The van der Waals surface area contributed by atoms with E-state index in [1.807, 2.05) is 12.3 Å². The molecule has 0 aliphatic carbocycles. The standard InChI is InChI=1S/C13H18N2O3S/c1-19-9-10-4-5-11(18-10)13(17)14-6-8-15-7-2-3-12(15)16/h4-5H,2-3,6-9H2,1H3,(H,14,17). The number of nitrogens with one attached hydrogen (secondary N) is 1. The first-order chi connectivity index (χ1) is 9.20. The molecule has 0 spiro atoms. The van der Waals surface area contributed by atoms with Crippen LogP contribution in [0.3, 0.4) is 0 Å². The third-order valence-corrected chi connectivity index (χ3v) is 3.58. The Balaban J connectivity index is 1.75. The lowest BCUT2D eigenvalue weighted by atomic mass is 10.4. The number of carbonyl (C=O) groups is 2. The molecule has 2 amide bonds. The Hall–Kier alpha value is -1.43. The van der Waals surface area contributed by atoms with Crippen LogP contribution < -0.4 is 5.32 Å². The molecule has 104 valence electrons. The van der Waals surface area contributed by atoms with Gasteiger partial charge in [0.15, 0.2) is 5.76 Å². The minimum Gasteiger partial charge on any atom is -0.455 e. The fraction of sp³-hybridized carbons (Fsp3) is 0.538. The number of furan rings is 1. The second-order valence-electron chi connectivity index (χ2n) is 4.44. The lowest BCUT2D eigenvalue weighted by Gasteiger charge is -2.15. The monoisotopic (exact) mass is 282 g/mol. The van der Waals surface area contributed by atoms with Crippen LogP contribution in [-0.4, -0.2) is 42.6 Å². The van der Waals surface area contributed by atoms with Crippen LogP contribution in [0.4, 0.5) is 0 Å². The summed E-state index contributed by atoms with van der Waals surface area (Å²) in [5, 5.41) is 2.77. The van der Waals surface area contributed by atoms with Gasteiger partial charge in [-0.25, -0.2) is 0 Å². The molecule has 6 heteroatoms. The molecule has 1 aliphatic rings. The van der Waals surface area contributed by atoms with E-state index in [0.29, 0.717) is 25.3 Å². The summed E-state index contributed by atoms with van der Waals surface area (Å²) in [7, 11) is 0. The largest absolute Gasteiger partial charge is 0.455 e. The van der Waals surface area contributed by atoms with Crippen LogP contribution in [0, 0.1) is 0 Å². The van der Waals surface area contributed by atoms with Crippen molar-refractivity contribution in [3.63, 3.8) is 0 Å². The molecule has 1 aromatic heterocycles. The van der Waals surface area contributed by atoms with Gasteiger partial charge in [-0.15, -0.1) is 0 Å². The smallest absolute Gasteiger partial charge is 0.287 e. The maximum absolute atomic E-state index is 11.8. The van der Waals surface area contributed by atoms with Gasteiger partial charge in [0.05, 0.1) is 5.75 Å². The van der Waals surface area contributed by atoms with Gasteiger partial charge >= 0.3 is 0 Å². The number of nitrogens with zero attached hydrogens (tertiary/aromatic N) is 1. The van der Waals surface area contributed by atoms with E-state index in [1.54, 1.807) is 22.7 Å². The lowest BCUT2D eigenvalue weighted by molar-refractivity contribution is -0.127. The summed E-state index contributed by atoms with van der Waals surface area (Å²) < 4.78 is 5.42.